The topological polar surface area (TPSA) is 32.3 Å². The van der Waals surface area contributed by atoms with Crippen molar-refractivity contribution in [1.29, 1.82) is 0 Å². The fourth-order valence-electron chi connectivity index (χ4n) is 3.41. The van der Waals surface area contributed by atoms with E-state index in [9.17, 15) is 4.79 Å². The van der Waals surface area contributed by atoms with E-state index in [0.717, 1.165) is 18.5 Å². The molecule has 1 saturated heterocycles. The van der Waals surface area contributed by atoms with Gasteiger partial charge in [-0.15, -0.1) is 0 Å². The second-order valence-corrected chi connectivity index (χ2v) is 7.85. The van der Waals surface area contributed by atoms with Crippen LogP contribution in [0.2, 0.25) is 0 Å². The molecule has 3 heteroatoms. The average Bonchev–Trinajstić information content (AvgIpc) is 2.25. The number of amides is 1. The van der Waals surface area contributed by atoms with Crippen molar-refractivity contribution in [2.75, 3.05) is 13.1 Å². The highest BCUT2D eigenvalue weighted by molar-refractivity contribution is 5.81. The van der Waals surface area contributed by atoms with Crippen molar-refractivity contribution in [1.82, 2.24) is 10.2 Å². The van der Waals surface area contributed by atoms with Gasteiger partial charge in [-0.2, -0.15) is 0 Å². The summed E-state index contributed by atoms with van der Waals surface area (Å²) in [4.78, 5) is 14.9. The Morgan fingerprint density at radius 2 is 1.95 bits per heavy atom. The highest BCUT2D eigenvalue weighted by atomic mass is 16.2. The lowest BCUT2D eigenvalue weighted by atomic mass is 9.84. The van der Waals surface area contributed by atoms with Crippen molar-refractivity contribution < 1.29 is 4.79 Å². The molecule has 1 aliphatic carbocycles. The Kier molecular flexibility index (Phi) is 5.11. The van der Waals surface area contributed by atoms with Crippen molar-refractivity contribution in [3.8, 4) is 0 Å². The number of piperidine rings is 1. The molecule has 2 atom stereocenters. The fourth-order valence-corrected chi connectivity index (χ4v) is 3.41. The van der Waals surface area contributed by atoms with Crippen molar-refractivity contribution in [2.24, 2.45) is 11.3 Å². The molecule has 1 aliphatic heterocycles. The molecule has 0 aromatic rings. The smallest absolute Gasteiger partial charge is 0.225 e. The van der Waals surface area contributed by atoms with Gasteiger partial charge < -0.3 is 5.32 Å². The third kappa shape index (κ3) is 3.97. The van der Waals surface area contributed by atoms with Crippen LogP contribution in [0.15, 0.2) is 0 Å². The van der Waals surface area contributed by atoms with Gasteiger partial charge in [0.25, 0.3) is 0 Å². The standard InChI is InChI=1S/C17H32N2O/c1-5-7-13-10-14(18-16(20)17(2,3)4)12-19(11-13)15-8-6-9-15/h13-15H,5-12H2,1-4H3,(H,18,20). The summed E-state index contributed by atoms with van der Waals surface area (Å²) in [6, 6.07) is 1.15. The summed E-state index contributed by atoms with van der Waals surface area (Å²) in [5.74, 6) is 0.966. The minimum atomic E-state index is -0.279. The van der Waals surface area contributed by atoms with Crippen LogP contribution in [0.4, 0.5) is 0 Å². The predicted molar refractivity (Wildman–Crippen MR) is 83.6 cm³/mol. The molecule has 0 bridgehead atoms. The van der Waals surface area contributed by atoms with Gasteiger partial charge in [-0.1, -0.05) is 40.5 Å². The third-order valence-corrected chi connectivity index (χ3v) is 4.87. The molecule has 1 heterocycles. The van der Waals surface area contributed by atoms with Gasteiger partial charge in [0, 0.05) is 30.6 Å². The number of rotatable bonds is 4. The molecular weight excluding hydrogens is 248 g/mol. The van der Waals surface area contributed by atoms with Crippen molar-refractivity contribution in [2.45, 2.75) is 78.3 Å². The number of hydrogen-bond donors (Lipinski definition) is 1. The highest BCUT2D eigenvalue weighted by Gasteiger charge is 2.35. The zero-order chi connectivity index (χ0) is 14.8. The van der Waals surface area contributed by atoms with Crippen LogP contribution in [-0.2, 0) is 4.79 Å². The van der Waals surface area contributed by atoms with Crippen molar-refractivity contribution >= 4 is 5.91 Å². The molecule has 0 aromatic carbocycles. The van der Waals surface area contributed by atoms with Crippen LogP contribution in [0, 0.1) is 11.3 Å². The minimum absolute atomic E-state index is 0.202. The summed E-state index contributed by atoms with van der Waals surface area (Å²) in [5.41, 5.74) is -0.279. The Balaban J connectivity index is 1.94. The molecule has 1 N–H and O–H groups in total. The summed E-state index contributed by atoms with van der Waals surface area (Å²) >= 11 is 0. The Morgan fingerprint density at radius 1 is 1.25 bits per heavy atom. The predicted octanol–water partition coefficient (Wildman–Crippen LogP) is 3.19. The zero-order valence-electron chi connectivity index (χ0n) is 13.7. The largest absolute Gasteiger partial charge is 0.352 e. The van der Waals surface area contributed by atoms with Gasteiger partial charge in [0.2, 0.25) is 5.91 Å². The van der Waals surface area contributed by atoms with Crippen LogP contribution < -0.4 is 5.32 Å². The number of hydrogen-bond acceptors (Lipinski definition) is 2. The lowest BCUT2D eigenvalue weighted by molar-refractivity contribution is -0.130. The maximum Gasteiger partial charge on any atom is 0.225 e. The van der Waals surface area contributed by atoms with E-state index in [-0.39, 0.29) is 11.3 Å². The minimum Gasteiger partial charge on any atom is -0.352 e. The van der Waals surface area contributed by atoms with Crippen molar-refractivity contribution in [3.05, 3.63) is 0 Å². The van der Waals surface area contributed by atoms with E-state index >= 15 is 0 Å². The van der Waals surface area contributed by atoms with E-state index in [1.54, 1.807) is 0 Å². The van der Waals surface area contributed by atoms with Gasteiger partial charge in [-0.3, -0.25) is 9.69 Å². The van der Waals surface area contributed by atoms with Crippen LogP contribution in [-0.4, -0.2) is 36.0 Å². The Hall–Kier alpha value is -0.570. The average molecular weight is 280 g/mol. The fraction of sp³-hybridized carbons (Fsp3) is 0.941. The quantitative estimate of drug-likeness (QED) is 0.857. The summed E-state index contributed by atoms with van der Waals surface area (Å²) in [6.45, 7) is 10.6. The molecule has 1 saturated carbocycles. The normalized spacial score (nSPS) is 29.0. The third-order valence-electron chi connectivity index (χ3n) is 4.87. The first kappa shape index (κ1) is 15.8. The molecule has 116 valence electrons. The van der Waals surface area contributed by atoms with E-state index in [1.165, 1.54) is 45.1 Å². The molecule has 0 spiro atoms. The van der Waals surface area contributed by atoms with E-state index in [4.69, 9.17) is 0 Å². The van der Waals surface area contributed by atoms with Gasteiger partial charge >= 0.3 is 0 Å². The van der Waals surface area contributed by atoms with Crippen LogP contribution >= 0.6 is 0 Å². The van der Waals surface area contributed by atoms with E-state index in [0.29, 0.717) is 6.04 Å². The summed E-state index contributed by atoms with van der Waals surface area (Å²) in [6.07, 6.45) is 7.82. The van der Waals surface area contributed by atoms with E-state index in [1.807, 2.05) is 20.8 Å². The summed E-state index contributed by atoms with van der Waals surface area (Å²) in [7, 11) is 0. The molecule has 3 nitrogen and oxygen atoms in total. The maximum atomic E-state index is 12.2. The van der Waals surface area contributed by atoms with Crippen LogP contribution in [0.3, 0.4) is 0 Å². The van der Waals surface area contributed by atoms with Gasteiger partial charge in [0.1, 0.15) is 0 Å². The summed E-state index contributed by atoms with van der Waals surface area (Å²) in [5, 5.41) is 3.30. The van der Waals surface area contributed by atoms with Gasteiger partial charge in [-0.05, 0) is 31.6 Å². The van der Waals surface area contributed by atoms with Crippen LogP contribution in [0.25, 0.3) is 0 Å². The molecule has 2 unspecified atom stereocenters. The molecule has 0 radical (unpaired) electrons. The van der Waals surface area contributed by atoms with Gasteiger partial charge in [-0.25, -0.2) is 0 Å². The molecular formula is C17H32N2O. The molecule has 2 rings (SSSR count). The number of likely N-dealkylation sites (tertiary alicyclic amines) is 1. The molecule has 2 aliphatic rings. The first-order chi connectivity index (χ1) is 9.40. The molecule has 1 amide bonds. The first-order valence-electron chi connectivity index (χ1n) is 8.45. The Morgan fingerprint density at radius 3 is 2.45 bits per heavy atom. The number of carbonyl (C=O) groups excluding carboxylic acids is 1. The van der Waals surface area contributed by atoms with Gasteiger partial charge in [0.05, 0.1) is 0 Å². The van der Waals surface area contributed by atoms with E-state index in [2.05, 4.69) is 17.1 Å². The highest BCUT2D eigenvalue weighted by Crippen LogP contribution is 2.31. The SMILES string of the molecule is CCCC1CC(NC(=O)C(C)(C)C)CN(C2CCC2)C1. The van der Waals surface area contributed by atoms with Crippen molar-refractivity contribution in [3.63, 3.8) is 0 Å². The van der Waals surface area contributed by atoms with Crippen LogP contribution in [0.5, 0.6) is 0 Å². The second kappa shape index (κ2) is 6.46. The number of nitrogens with one attached hydrogen (secondary N) is 1. The van der Waals surface area contributed by atoms with E-state index < -0.39 is 0 Å². The lowest BCUT2D eigenvalue weighted by Crippen LogP contribution is -2.56. The summed E-state index contributed by atoms with van der Waals surface area (Å²) < 4.78 is 0. The first-order valence-corrected chi connectivity index (χ1v) is 8.45. The Bertz CT molecular complexity index is 330. The second-order valence-electron chi connectivity index (χ2n) is 7.85. The number of nitrogens with zero attached hydrogens (tertiary/aromatic N) is 1. The van der Waals surface area contributed by atoms with Crippen LogP contribution in [0.1, 0.15) is 66.2 Å². The monoisotopic (exact) mass is 280 g/mol. The Labute approximate surface area is 124 Å². The zero-order valence-corrected chi connectivity index (χ0v) is 13.7. The molecule has 20 heavy (non-hydrogen) atoms. The number of carbonyl (C=O) groups is 1. The molecule has 2 fully saturated rings. The lowest BCUT2D eigenvalue weighted by Gasteiger charge is -2.45. The molecule has 0 aromatic heterocycles. The van der Waals surface area contributed by atoms with Gasteiger partial charge in [0.15, 0.2) is 0 Å². The maximum absolute atomic E-state index is 12.2.